The SMILES string of the molecule is CC(C)(C)OC(=O)Nc1ncc(C=CCN=[N+]=[N-])s1. The Bertz CT molecular complexity index is 511. The van der Waals surface area contributed by atoms with Crippen LogP contribution in [0.25, 0.3) is 16.5 Å². The maximum Gasteiger partial charge on any atom is 0.413 e. The van der Waals surface area contributed by atoms with Crippen molar-refractivity contribution in [3.8, 4) is 0 Å². The van der Waals surface area contributed by atoms with Gasteiger partial charge in [0, 0.05) is 22.5 Å². The summed E-state index contributed by atoms with van der Waals surface area (Å²) in [5.41, 5.74) is 7.57. The molecule has 0 bridgehead atoms. The molecule has 0 radical (unpaired) electrons. The summed E-state index contributed by atoms with van der Waals surface area (Å²) in [6, 6.07) is 0. The molecule has 0 atom stereocenters. The van der Waals surface area contributed by atoms with Crippen molar-refractivity contribution in [2.24, 2.45) is 5.11 Å². The summed E-state index contributed by atoms with van der Waals surface area (Å²) in [5, 5.41) is 6.38. The van der Waals surface area contributed by atoms with E-state index >= 15 is 0 Å². The van der Waals surface area contributed by atoms with E-state index < -0.39 is 11.7 Å². The lowest BCUT2D eigenvalue weighted by Crippen LogP contribution is -2.27. The van der Waals surface area contributed by atoms with E-state index in [1.165, 1.54) is 11.3 Å². The van der Waals surface area contributed by atoms with E-state index in [2.05, 4.69) is 20.3 Å². The molecule has 0 saturated carbocycles. The van der Waals surface area contributed by atoms with Crippen molar-refractivity contribution < 1.29 is 9.53 Å². The van der Waals surface area contributed by atoms with Crippen molar-refractivity contribution in [3.05, 3.63) is 27.6 Å². The second-order valence-electron chi connectivity index (χ2n) is 4.51. The second kappa shape index (κ2) is 6.77. The highest BCUT2D eigenvalue weighted by atomic mass is 32.1. The molecule has 19 heavy (non-hydrogen) atoms. The minimum Gasteiger partial charge on any atom is -0.444 e. The number of rotatable bonds is 4. The quantitative estimate of drug-likeness (QED) is 0.515. The van der Waals surface area contributed by atoms with Crippen molar-refractivity contribution in [2.75, 3.05) is 11.9 Å². The summed E-state index contributed by atoms with van der Waals surface area (Å²) in [6.45, 7) is 5.65. The Morgan fingerprint density at radius 2 is 2.42 bits per heavy atom. The van der Waals surface area contributed by atoms with Gasteiger partial charge < -0.3 is 4.74 Å². The Balaban J connectivity index is 2.53. The molecule has 0 aliphatic heterocycles. The van der Waals surface area contributed by atoms with E-state index in [4.69, 9.17) is 10.3 Å². The van der Waals surface area contributed by atoms with Gasteiger partial charge in [0.1, 0.15) is 5.60 Å². The van der Waals surface area contributed by atoms with Crippen LogP contribution in [0.4, 0.5) is 9.93 Å². The van der Waals surface area contributed by atoms with Crippen LogP contribution in [-0.4, -0.2) is 23.2 Å². The third-order valence-electron chi connectivity index (χ3n) is 1.66. The molecule has 0 spiro atoms. The van der Waals surface area contributed by atoms with Gasteiger partial charge in [0.05, 0.1) is 0 Å². The second-order valence-corrected chi connectivity index (χ2v) is 5.57. The van der Waals surface area contributed by atoms with Crippen molar-refractivity contribution in [3.63, 3.8) is 0 Å². The number of aromatic nitrogens is 1. The van der Waals surface area contributed by atoms with Crippen molar-refractivity contribution in [1.82, 2.24) is 4.98 Å². The average Bonchev–Trinajstić information content (AvgIpc) is 2.69. The van der Waals surface area contributed by atoms with Crippen LogP contribution in [0.1, 0.15) is 25.6 Å². The van der Waals surface area contributed by atoms with Gasteiger partial charge >= 0.3 is 6.09 Å². The maximum absolute atomic E-state index is 11.5. The smallest absolute Gasteiger partial charge is 0.413 e. The fourth-order valence-electron chi connectivity index (χ4n) is 1.06. The Kier molecular flexibility index (Phi) is 5.35. The lowest BCUT2D eigenvalue weighted by Gasteiger charge is -2.18. The number of azide groups is 1. The standard InChI is InChI=1S/C11H15N5O2S/c1-11(2,3)18-10(17)15-9-13-7-8(19-9)5-4-6-14-16-12/h4-5,7H,6H2,1-3H3,(H,13,15,17). The van der Waals surface area contributed by atoms with E-state index in [1.54, 1.807) is 39.1 Å². The number of ether oxygens (including phenoxy) is 1. The Hall–Kier alpha value is -2.05. The van der Waals surface area contributed by atoms with Crippen LogP contribution in [0.3, 0.4) is 0 Å². The van der Waals surface area contributed by atoms with E-state index in [9.17, 15) is 4.79 Å². The molecule has 0 aliphatic rings. The number of hydrogen-bond donors (Lipinski definition) is 1. The molecule has 102 valence electrons. The summed E-state index contributed by atoms with van der Waals surface area (Å²) < 4.78 is 5.11. The molecule has 0 fully saturated rings. The molecule has 0 unspecified atom stereocenters. The van der Waals surface area contributed by atoms with Gasteiger partial charge in [-0.05, 0) is 32.4 Å². The summed E-state index contributed by atoms with van der Waals surface area (Å²) >= 11 is 1.30. The first-order chi connectivity index (χ1) is 8.90. The average molecular weight is 281 g/mol. The number of carbonyl (C=O) groups excluding carboxylic acids is 1. The largest absolute Gasteiger partial charge is 0.444 e. The number of nitrogens with zero attached hydrogens (tertiary/aromatic N) is 4. The van der Waals surface area contributed by atoms with Gasteiger partial charge in [0.15, 0.2) is 5.13 Å². The third-order valence-corrected chi connectivity index (χ3v) is 2.54. The zero-order valence-corrected chi connectivity index (χ0v) is 11.8. The highest BCUT2D eigenvalue weighted by Gasteiger charge is 2.16. The summed E-state index contributed by atoms with van der Waals surface area (Å²) in [7, 11) is 0. The molecule has 8 heteroatoms. The van der Waals surface area contributed by atoms with Crippen molar-refractivity contribution >= 4 is 28.6 Å². The van der Waals surface area contributed by atoms with Gasteiger partial charge in [-0.15, -0.1) is 0 Å². The maximum atomic E-state index is 11.5. The molecule has 1 N–H and O–H groups in total. The topological polar surface area (TPSA) is 100.0 Å². The zero-order chi connectivity index (χ0) is 14.3. The van der Waals surface area contributed by atoms with Crippen LogP contribution < -0.4 is 5.32 Å². The number of amides is 1. The molecule has 1 amide bonds. The number of carbonyl (C=O) groups is 1. The number of thiazole rings is 1. The minimum atomic E-state index is -0.542. The summed E-state index contributed by atoms with van der Waals surface area (Å²) in [5.74, 6) is 0. The third kappa shape index (κ3) is 6.44. The molecular weight excluding hydrogens is 266 g/mol. The van der Waals surface area contributed by atoms with Crippen molar-refractivity contribution in [1.29, 1.82) is 0 Å². The monoisotopic (exact) mass is 281 g/mol. The van der Waals surface area contributed by atoms with Crippen LogP contribution in [0, 0.1) is 0 Å². The van der Waals surface area contributed by atoms with Crippen LogP contribution >= 0.6 is 11.3 Å². The van der Waals surface area contributed by atoms with Crippen LogP contribution in [0.5, 0.6) is 0 Å². The number of hydrogen-bond acceptors (Lipinski definition) is 5. The normalized spacial score (nSPS) is 11.1. The molecular formula is C11H15N5O2S. The first kappa shape index (κ1) is 15.0. The van der Waals surface area contributed by atoms with Gasteiger partial charge in [-0.3, -0.25) is 5.32 Å². The molecule has 0 aromatic carbocycles. The summed E-state index contributed by atoms with van der Waals surface area (Å²) in [6.07, 6.45) is 4.56. The first-order valence-electron chi connectivity index (χ1n) is 5.54. The predicted molar refractivity (Wildman–Crippen MR) is 75.0 cm³/mol. The minimum absolute atomic E-state index is 0.281. The lowest BCUT2D eigenvalue weighted by atomic mass is 10.2. The van der Waals surface area contributed by atoms with Crippen LogP contribution in [-0.2, 0) is 4.74 Å². The lowest BCUT2D eigenvalue weighted by molar-refractivity contribution is 0.0636. The number of anilines is 1. The van der Waals surface area contributed by atoms with Gasteiger partial charge in [-0.25, -0.2) is 9.78 Å². The molecule has 0 saturated heterocycles. The van der Waals surface area contributed by atoms with Gasteiger partial charge in [-0.2, -0.15) is 0 Å². The van der Waals surface area contributed by atoms with Gasteiger partial charge in [0.25, 0.3) is 0 Å². The van der Waals surface area contributed by atoms with E-state index in [0.717, 1.165) is 4.88 Å². The number of nitrogens with one attached hydrogen (secondary N) is 1. The Labute approximate surface area is 114 Å². The highest BCUT2D eigenvalue weighted by Crippen LogP contribution is 2.20. The van der Waals surface area contributed by atoms with Crippen molar-refractivity contribution in [2.45, 2.75) is 26.4 Å². The van der Waals surface area contributed by atoms with E-state index in [0.29, 0.717) is 5.13 Å². The molecule has 1 heterocycles. The Morgan fingerprint density at radius 3 is 3.05 bits per heavy atom. The predicted octanol–water partition coefficient (Wildman–Crippen LogP) is 3.81. The van der Waals surface area contributed by atoms with E-state index in [1.807, 2.05) is 0 Å². The molecule has 0 aliphatic carbocycles. The zero-order valence-electron chi connectivity index (χ0n) is 11.0. The van der Waals surface area contributed by atoms with Gasteiger partial charge in [0.2, 0.25) is 0 Å². The fraction of sp³-hybridized carbons (Fsp3) is 0.455. The Morgan fingerprint density at radius 1 is 1.68 bits per heavy atom. The van der Waals surface area contributed by atoms with E-state index in [-0.39, 0.29) is 6.54 Å². The highest BCUT2D eigenvalue weighted by molar-refractivity contribution is 7.16. The molecule has 1 aromatic heterocycles. The first-order valence-corrected chi connectivity index (χ1v) is 6.35. The van der Waals surface area contributed by atoms with Crippen LogP contribution in [0.2, 0.25) is 0 Å². The van der Waals surface area contributed by atoms with Gasteiger partial charge in [-0.1, -0.05) is 22.5 Å². The van der Waals surface area contributed by atoms with Crippen LogP contribution in [0.15, 0.2) is 17.4 Å². The fourth-order valence-corrected chi connectivity index (χ4v) is 1.80. The summed E-state index contributed by atoms with van der Waals surface area (Å²) in [4.78, 5) is 19.0. The molecule has 1 rings (SSSR count). The molecule has 1 aromatic rings. The molecule has 7 nitrogen and oxygen atoms in total.